The fraction of sp³-hybridized carbons (Fsp3) is 0.158. The number of benzene rings is 2. The maximum Gasteiger partial charge on any atom is 0.248 e. The second-order valence-electron chi connectivity index (χ2n) is 5.58. The Bertz CT molecular complexity index is 954. The highest BCUT2D eigenvalue weighted by atomic mass is 79.9. The highest BCUT2D eigenvalue weighted by molar-refractivity contribution is 9.10. The predicted molar refractivity (Wildman–Crippen MR) is 111 cm³/mol. The van der Waals surface area contributed by atoms with E-state index in [1.165, 1.54) is 11.8 Å². The molecule has 0 aliphatic rings. The first-order chi connectivity index (χ1) is 12.6. The molecule has 26 heavy (non-hydrogen) atoms. The number of hydrogen-bond acceptors (Lipinski definition) is 4. The molecule has 0 bridgehead atoms. The summed E-state index contributed by atoms with van der Waals surface area (Å²) in [5.74, 6) is 0.128. The number of rotatable bonds is 7. The molecule has 5 nitrogen and oxygen atoms in total. The van der Waals surface area contributed by atoms with Gasteiger partial charge in [-0.25, -0.2) is 4.98 Å². The average Bonchev–Trinajstić information content (AvgIpc) is 3.01. The molecule has 3 rings (SSSR count). The Morgan fingerprint density at radius 3 is 2.81 bits per heavy atom. The number of hydrazine groups is 1. The van der Waals surface area contributed by atoms with Gasteiger partial charge in [0.25, 0.3) is 0 Å². The molecular formula is C19H19BrN4OS. The van der Waals surface area contributed by atoms with E-state index in [9.17, 15) is 4.79 Å². The first-order valence-electron chi connectivity index (χ1n) is 8.16. The van der Waals surface area contributed by atoms with Gasteiger partial charge in [-0.15, -0.1) is 0 Å². The molecule has 0 radical (unpaired) electrons. The Hall–Kier alpha value is -2.25. The number of para-hydroxylation sites is 2. The number of thioether (sulfide) groups is 1. The summed E-state index contributed by atoms with van der Waals surface area (Å²) in [6.45, 7) is 6.82. The molecule has 0 saturated carbocycles. The van der Waals surface area contributed by atoms with Crippen LogP contribution in [-0.2, 0) is 11.3 Å². The molecule has 3 aromatic rings. The zero-order valence-electron chi connectivity index (χ0n) is 14.3. The third-order valence-corrected chi connectivity index (χ3v) is 5.26. The SMILES string of the molecule is C=C(NNC(=O)CSc1nc2ccccc2n1CC)c1cccc(Br)c1. The van der Waals surface area contributed by atoms with E-state index in [1.54, 1.807) is 0 Å². The zero-order valence-corrected chi connectivity index (χ0v) is 16.7. The molecule has 1 heterocycles. The van der Waals surface area contributed by atoms with Crippen molar-refractivity contribution >= 4 is 50.3 Å². The lowest BCUT2D eigenvalue weighted by atomic mass is 10.2. The normalized spacial score (nSPS) is 10.7. The minimum atomic E-state index is -0.138. The van der Waals surface area contributed by atoms with Crippen molar-refractivity contribution < 1.29 is 4.79 Å². The number of amides is 1. The lowest BCUT2D eigenvalue weighted by molar-refractivity contribution is -0.119. The van der Waals surface area contributed by atoms with Gasteiger partial charge in [0.05, 0.1) is 22.5 Å². The molecule has 0 aliphatic heterocycles. The third kappa shape index (κ3) is 4.28. The fourth-order valence-electron chi connectivity index (χ4n) is 2.53. The quantitative estimate of drug-likeness (QED) is 0.435. The third-order valence-electron chi connectivity index (χ3n) is 3.79. The Balaban J connectivity index is 1.57. The number of fused-ring (bicyclic) bond motifs is 1. The Morgan fingerprint density at radius 2 is 2.04 bits per heavy atom. The van der Waals surface area contributed by atoms with Crippen LogP contribution >= 0.6 is 27.7 Å². The fourth-order valence-corrected chi connectivity index (χ4v) is 3.81. The van der Waals surface area contributed by atoms with Crippen molar-refractivity contribution in [2.45, 2.75) is 18.6 Å². The number of carbonyl (C=O) groups excluding carboxylic acids is 1. The lowest BCUT2D eigenvalue weighted by Crippen LogP contribution is -2.37. The summed E-state index contributed by atoms with van der Waals surface area (Å²) in [6, 6.07) is 15.7. The Kier molecular flexibility index (Phi) is 6.00. The van der Waals surface area contributed by atoms with E-state index in [0.29, 0.717) is 5.70 Å². The van der Waals surface area contributed by atoms with E-state index in [0.717, 1.165) is 32.8 Å². The monoisotopic (exact) mass is 430 g/mol. The van der Waals surface area contributed by atoms with E-state index in [2.05, 4.69) is 49.8 Å². The van der Waals surface area contributed by atoms with Gasteiger partial charge in [0, 0.05) is 11.0 Å². The van der Waals surface area contributed by atoms with Crippen molar-refractivity contribution in [1.82, 2.24) is 20.4 Å². The van der Waals surface area contributed by atoms with Crippen LogP contribution in [0.15, 0.2) is 64.7 Å². The topological polar surface area (TPSA) is 58.9 Å². The maximum absolute atomic E-state index is 12.2. The predicted octanol–water partition coefficient (Wildman–Crippen LogP) is 4.20. The first kappa shape index (κ1) is 18.5. The summed E-state index contributed by atoms with van der Waals surface area (Å²) in [6.07, 6.45) is 0. The summed E-state index contributed by atoms with van der Waals surface area (Å²) in [5, 5.41) is 0.842. The van der Waals surface area contributed by atoms with Gasteiger partial charge >= 0.3 is 0 Å². The van der Waals surface area contributed by atoms with E-state index in [4.69, 9.17) is 0 Å². The molecule has 2 aromatic carbocycles. The van der Waals surface area contributed by atoms with Crippen molar-refractivity contribution in [3.05, 3.63) is 65.1 Å². The van der Waals surface area contributed by atoms with Gasteiger partial charge in [0.15, 0.2) is 5.16 Å². The molecule has 0 fully saturated rings. The molecule has 134 valence electrons. The summed E-state index contributed by atoms with van der Waals surface area (Å²) in [7, 11) is 0. The molecule has 7 heteroatoms. The highest BCUT2D eigenvalue weighted by Gasteiger charge is 2.11. The van der Waals surface area contributed by atoms with Gasteiger partial charge in [0.1, 0.15) is 0 Å². The second kappa shape index (κ2) is 8.42. The van der Waals surface area contributed by atoms with Crippen LogP contribution in [0.25, 0.3) is 16.7 Å². The smallest absolute Gasteiger partial charge is 0.248 e. The average molecular weight is 431 g/mol. The number of hydrogen-bond donors (Lipinski definition) is 2. The maximum atomic E-state index is 12.2. The van der Waals surface area contributed by atoms with Crippen LogP contribution in [0.2, 0.25) is 0 Å². The molecule has 0 aliphatic carbocycles. The van der Waals surface area contributed by atoms with Gasteiger partial charge in [-0.05, 0) is 36.8 Å². The minimum absolute atomic E-state index is 0.138. The number of aromatic nitrogens is 2. The zero-order chi connectivity index (χ0) is 18.5. The van der Waals surface area contributed by atoms with Gasteiger partial charge in [-0.2, -0.15) is 0 Å². The number of aryl methyl sites for hydroxylation is 1. The number of carbonyl (C=O) groups is 1. The molecule has 0 saturated heterocycles. The van der Waals surface area contributed by atoms with Gasteiger partial charge in [-0.1, -0.05) is 58.5 Å². The number of nitrogens with one attached hydrogen (secondary N) is 2. The van der Waals surface area contributed by atoms with Crippen LogP contribution in [0.4, 0.5) is 0 Å². The lowest BCUT2D eigenvalue weighted by Gasteiger charge is -2.11. The van der Waals surface area contributed by atoms with Crippen LogP contribution in [0.3, 0.4) is 0 Å². The van der Waals surface area contributed by atoms with Crippen molar-refractivity contribution in [1.29, 1.82) is 0 Å². The second-order valence-corrected chi connectivity index (χ2v) is 7.44. The van der Waals surface area contributed by atoms with Crippen molar-refractivity contribution in [3.8, 4) is 0 Å². The van der Waals surface area contributed by atoms with Crippen molar-refractivity contribution in [2.75, 3.05) is 5.75 Å². The highest BCUT2D eigenvalue weighted by Crippen LogP contribution is 2.23. The summed E-state index contributed by atoms with van der Waals surface area (Å²) in [5.41, 5.74) is 9.10. The molecule has 0 atom stereocenters. The molecule has 1 aromatic heterocycles. The van der Waals surface area contributed by atoms with E-state index < -0.39 is 0 Å². The number of nitrogens with zero attached hydrogens (tertiary/aromatic N) is 2. The summed E-state index contributed by atoms with van der Waals surface area (Å²) in [4.78, 5) is 16.8. The molecular weight excluding hydrogens is 412 g/mol. The molecule has 0 unspecified atom stereocenters. The van der Waals surface area contributed by atoms with Crippen LogP contribution in [0.5, 0.6) is 0 Å². The van der Waals surface area contributed by atoms with E-state index in [-0.39, 0.29) is 11.7 Å². The number of halogens is 1. The standard InChI is InChI=1S/C19H19BrN4OS/c1-3-24-17-10-5-4-9-16(17)21-19(24)26-12-18(25)23-22-13(2)14-7-6-8-15(20)11-14/h4-11,22H,2-3,12H2,1H3,(H,23,25). The molecule has 0 spiro atoms. The van der Waals surface area contributed by atoms with Gasteiger partial charge in [0.2, 0.25) is 5.91 Å². The van der Waals surface area contributed by atoms with Crippen LogP contribution < -0.4 is 10.9 Å². The largest absolute Gasteiger partial charge is 0.319 e. The number of imidazole rings is 1. The Morgan fingerprint density at radius 1 is 1.23 bits per heavy atom. The van der Waals surface area contributed by atoms with E-state index >= 15 is 0 Å². The van der Waals surface area contributed by atoms with Gasteiger partial charge in [-0.3, -0.25) is 15.6 Å². The molecule has 1 amide bonds. The van der Waals surface area contributed by atoms with E-state index in [1.807, 2.05) is 48.5 Å². The summed E-state index contributed by atoms with van der Waals surface area (Å²) >= 11 is 4.84. The van der Waals surface area contributed by atoms with Crippen LogP contribution in [0.1, 0.15) is 12.5 Å². The van der Waals surface area contributed by atoms with Gasteiger partial charge < -0.3 is 4.57 Å². The van der Waals surface area contributed by atoms with Crippen molar-refractivity contribution in [2.24, 2.45) is 0 Å². The molecule has 2 N–H and O–H groups in total. The summed E-state index contributed by atoms with van der Waals surface area (Å²) < 4.78 is 3.07. The Labute approximate surface area is 165 Å². The van der Waals surface area contributed by atoms with Crippen LogP contribution in [-0.4, -0.2) is 21.2 Å². The minimum Gasteiger partial charge on any atom is -0.319 e. The van der Waals surface area contributed by atoms with Crippen LogP contribution in [0, 0.1) is 0 Å². The first-order valence-corrected chi connectivity index (χ1v) is 9.94. The van der Waals surface area contributed by atoms with Crippen molar-refractivity contribution in [3.63, 3.8) is 0 Å².